The van der Waals surface area contributed by atoms with Crippen LogP contribution in [0.5, 0.6) is 0 Å². The Morgan fingerprint density at radius 3 is 2.26 bits per heavy atom. The van der Waals surface area contributed by atoms with Gasteiger partial charge in [0.1, 0.15) is 12.2 Å². The first-order valence-electron chi connectivity index (χ1n) is 6.59. The van der Waals surface area contributed by atoms with E-state index in [9.17, 15) is 13.6 Å². The maximum absolute atomic E-state index is 13.1. The second-order valence-corrected chi connectivity index (χ2v) is 6.13. The van der Waals surface area contributed by atoms with Crippen LogP contribution < -0.4 is 0 Å². The standard InChI is InChI=1S/C13H23F2NO3/c1-12(2,3)19-11(18)16-6-4-10(5-7-16)8-13(14,15)9-17/h10,17H,4-9H2,1-3H3. The van der Waals surface area contributed by atoms with E-state index in [2.05, 4.69) is 0 Å². The third-order valence-corrected chi connectivity index (χ3v) is 3.08. The molecule has 0 atom stereocenters. The first-order valence-corrected chi connectivity index (χ1v) is 6.59. The zero-order chi connectivity index (χ0) is 14.7. The predicted molar refractivity (Wildman–Crippen MR) is 67.2 cm³/mol. The van der Waals surface area contributed by atoms with E-state index >= 15 is 0 Å². The highest BCUT2D eigenvalue weighted by atomic mass is 19.3. The molecule has 0 aromatic carbocycles. The zero-order valence-corrected chi connectivity index (χ0v) is 11.8. The average Bonchev–Trinajstić information content (AvgIpc) is 2.27. The lowest BCUT2D eigenvalue weighted by atomic mass is 9.91. The number of likely N-dealkylation sites (tertiary alicyclic amines) is 1. The molecular weight excluding hydrogens is 256 g/mol. The molecule has 0 aromatic rings. The first kappa shape index (κ1) is 16.1. The third kappa shape index (κ3) is 5.72. The Kier molecular flexibility index (Phi) is 5.12. The summed E-state index contributed by atoms with van der Waals surface area (Å²) < 4.78 is 31.4. The Bertz CT molecular complexity index is 308. The highest BCUT2D eigenvalue weighted by molar-refractivity contribution is 5.68. The Hall–Kier alpha value is -0.910. The fourth-order valence-corrected chi connectivity index (χ4v) is 2.13. The largest absolute Gasteiger partial charge is 0.444 e. The molecule has 0 aromatic heterocycles. The van der Waals surface area contributed by atoms with E-state index in [-0.39, 0.29) is 18.4 Å². The molecule has 112 valence electrons. The molecule has 0 radical (unpaired) electrons. The van der Waals surface area contributed by atoms with Crippen LogP contribution in [0.3, 0.4) is 0 Å². The lowest BCUT2D eigenvalue weighted by molar-refractivity contribution is -0.0729. The van der Waals surface area contributed by atoms with Gasteiger partial charge >= 0.3 is 6.09 Å². The van der Waals surface area contributed by atoms with Crippen LogP contribution in [-0.4, -0.2) is 47.3 Å². The summed E-state index contributed by atoms with van der Waals surface area (Å²) in [5, 5.41) is 8.56. The van der Waals surface area contributed by atoms with E-state index in [1.165, 1.54) is 0 Å². The summed E-state index contributed by atoms with van der Waals surface area (Å²) in [6, 6.07) is 0. The van der Waals surface area contributed by atoms with Crippen molar-refractivity contribution in [3.05, 3.63) is 0 Å². The van der Waals surface area contributed by atoms with E-state index < -0.39 is 18.1 Å². The number of carbonyl (C=O) groups is 1. The molecule has 0 aliphatic carbocycles. The van der Waals surface area contributed by atoms with Gasteiger partial charge in [-0.2, -0.15) is 0 Å². The Morgan fingerprint density at radius 2 is 1.84 bits per heavy atom. The Labute approximate surface area is 112 Å². The molecule has 1 aliphatic heterocycles. The minimum Gasteiger partial charge on any atom is -0.444 e. The number of alkyl halides is 2. The van der Waals surface area contributed by atoms with Gasteiger partial charge in [-0.15, -0.1) is 0 Å². The van der Waals surface area contributed by atoms with Gasteiger partial charge in [-0.25, -0.2) is 13.6 Å². The van der Waals surface area contributed by atoms with Gasteiger partial charge in [0, 0.05) is 19.5 Å². The van der Waals surface area contributed by atoms with Crippen molar-refractivity contribution in [3.8, 4) is 0 Å². The van der Waals surface area contributed by atoms with Crippen molar-refractivity contribution in [1.29, 1.82) is 0 Å². The number of halogens is 2. The molecule has 1 heterocycles. The lowest BCUT2D eigenvalue weighted by Crippen LogP contribution is -2.42. The maximum atomic E-state index is 13.1. The minimum absolute atomic E-state index is 0.152. The molecule has 1 saturated heterocycles. The van der Waals surface area contributed by atoms with Crippen molar-refractivity contribution < 1.29 is 23.4 Å². The van der Waals surface area contributed by atoms with Gasteiger partial charge in [0.15, 0.2) is 0 Å². The van der Waals surface area contributed by atoms with Gasteiger partial charge < -0.3 is 14.7 Å². The fraction of sp³-hybridized carbons (Fsp3) is 0.923. The number of aliphatic hydroxyl groups excluding tert-OH is 1. The number of piperidine rings is 1. The van der Waals surface area contributed by atoms with Crippen molar-refractivity contribution >= 4 is 6.09 Å². The summed E-state index contributed by atoms with van der Waals surface area (Å²) in [7, 11) is 0. The number of rotatable bonds is 3. The van der Waals surface area contributed by atoms with Crippen molar-refractivity contribution in [2.45, 2.75) is 51.6 Å². The van der Waals surface area contributed by atoms with Crippen LogP contribution >= 0.6 is 0 Å². The molecule has 1 N–H and O–H groups in total. The number of hydrogen-bond donors (Lipinski definition) is 1. The Balaban J connectivity index is 2.39. The van der Waals surface area contributed by atoms with Gasteiger partial charge in [-0.05, 0) is 39.5 Å². The molecule has 19 heavy (non-hydrogen) atoms. The second kappa shape index (κ2) is 6.03. The van der Waals surface area contributed by atoms with Crippen molar-refractivity contribution in [1.82, 2.24) is 4.90 Å². The summed E-state index contributed by atoms with van der Waals surface area (Å²) >= 11 is 0. The van der Waals surface area contributed by atoms with Gasteiger partial charge in [0.2, 0.25) is 0 Å². The van der Waals surface area contributed by atoms with E-state index in [4.69, 9.17) is 9.84 Å². The van der Waals surface area contributed by atoms with Crippen LogP contribution in [0.25, 0.3) is 0 Å². The highest BCUT2D eigenvalue weighted by Gasteiger charge is 2.34. The summed E-state index contributed by atoms with van der Waals surface area (Å²) in [4.78, 5) is 13.3. The Morgan fingerprint density at radius 1 is 1.32 bits per heavy atom. The summed E-state index contributed by atoms with van der Waals surface area (Å²) in [5.41, 5.74) is -0.544. The summed E-state index contributed by atoms with van der Waals surface area (Å²) in [6.07, 6.45) is 0.342. The zero-order valence-electron chi connectivity index (χ0n) is 11.8. The normalized spacial score (nSPS) is 18.5. The summed E-state index contributed by atoms with van der Waals surface area (Å²) in [6.45, 7) is 5.12. The van der Waals surface area contributed by atoms with Gasteiger partial charge in [0.05, 0.1) is 0 Å². The molecule has 1 rings (SSSR count). The van der Waals surface area contributed by atoms with Crippen LogP contribution in [0.4, 0.5) is 13.6 Å². The van der Waals surface area contributed by atoms with Crippen LogP contribution in [0.2, 0.25) is 0 Å². The van der Waals surface area contributed by atoms with Crippen molar-refractivity contribution in [3.63, 3.8) is 0 Å². The minimum atomic E-state index is -3.02. The van der Waals surface area contributed by atoms with Crippen LogP contribution in [-0.2, 0) is 4.74 Å². The van der Waals surface area contributed by atoms with Gasteiger partial charge in [-0.1, -0.05) is 0 Å². The maximum Gasteiger partial charge on any atom is 0.410 e. The number of nitrogens with zero attached hydrogens (tertiary/aromatic N) is 1. The van der Waals surface area contributed by atoms with Crippen LogP contribution in [0.15, 0.2) is 0 Å². The molecule has 0 unspecified atom stereocenters. The molecule has 6 heteroatoms. The molecule has 1 aliphatic rings. The number of hydrogen-bond acceptors (Lipinski definition) is 3. The molecule has 1 amide bonds. The third-order valence-electron chi connectivity index (χ3n) is 3.08. The first-order chi connectivity index (χ1) is 8.63. The molecular formula is C13H23F2NO3. The topological polar surface area (TPSA) is 49.8 Å². The number of aliphatic hydroxyl groups is 1. The average molecular weight is 279 g/mol. The van der Waals surface area contributed by atoms with Crippen molar-refractivity contribution in [2.24, 2.45) is 5.92 Å². The number of amides is 1. The van der Waals surface area contributed by atoms with Crippen molar-refractivity contribution in [2.75, 3.05) is 19.7 Å². The molecule has 4 nitrogen and oxygen atoms in total. The van der Waals surface area contributed by atoms with Crippen LogP contribution in [0, 0.1) is 5.92 Å². The van der Waals surface area contributed by atoms with E-state index in [0.29, 0.717) is 25.9 Å². The van der Waals surface area contributed by atoms with E-state index in [1.807, 2.05) is 0 Å². The SMILES string of the molecule is CC(C)(C)OC(=O)N1CCC(CC(F)(F)CO)CC1. The molecule has 0 saturated carbocycles. The monoisotopic (exact) mass is 279 g/mol. The second-order valence-electron chi connectivity index (χ2n) is 6.13. The molecule has 0 bridgehead atoms. The quantitative estimate of drug-likeness (QED) is 0.864. The number of carbonyl (C=O) groups excluding carboxylic acids is 1. The van der Waals surface area contributed by atoms with Gasteiger partial charge in [-0.3, -0.25) is 0 Å². The van der Waals surface area contributed by atoms with Gasteiger partial charge in [0.25, 0.3) is 5.92 Å². The number of ether oxygens (including phenoxy) is 1. The molecule has 1 fully saturated rings. The highest BCUT2D eigenvalue weighted by Crippen LogP contribution is 2.30. The fourth-order valence-electron chi connectivity index (χ4n) is 2.13. The van der Waals surface area contributed by atoms with E-state index in [0.717, 1.165) is 0 Å². The lowest BCUT2D eigenvalue weighted by Gasteiger charge is -2.34. The smallest absolute Gasteiger partial charge is 0.410 e. The van der Waals surface area contributed by atoms with E-state index in [1.54, 1.807) is 25.7 Å². The van der Waals surface area contributed by atoms with Crippen LogP contribution in [0.1, 0.15) is 40.0 Å². The summed E-state index contributed by atoms with van der Waals surface area (Å²) in [5.74, 6) is -3.17. The predicted octanol–water partition coefficient (Wildman–Crippen LogP) is 2.65. The molecule has 0 spiro atoms.